The molecule has 5 heterocycles. The van der Waals surface area contributed by atoms with Crippen LogP contribution in [0.15, 0.2) is 23.5 Å². The Morgan fingerprint density at radius 3 is 0.975 bits per heavy atom. The van der Waals surface area contributed by atoms with E-state index in [1.54, 1.807) is 116 Å². The van der Waals surface area contributed by atoms with E-state index >= 15 is 0 Å². The maximum absolute atomic E-state index is 3.18. The van der Waals surface area contributed by atoms with Gasteiger partial charge in [0.05, 0.1) is 0 Å². The molecule has 0 spiro atoms. The average Bonchev–Trinajstić information content (AvgIpc) is 3.33. The first-order valence-electron chi connectivity index (χ1n) is 18.3. The molecule has 5 aliphatic heterocycles. The highest BCUT2D eigenvalue weighted by Crippen LogP contribution is 3.23. The van der Waals surface area contributed by atoms with E-state index in [9.17, 15) is 0 Å². The highest BCUT2D eigenvalue weighted by Gasteiger charge is 3.01. The van der Waals surface area contributed by atoms with Crippen LogP contribution in [-0.4, -0.2) is 14.7 Å². The van der Waals surface area contributed by atoms with Crippen molar-refractivity contribution in [1.82, 2.24) is 0 Å². The standard InChI is InChI=1S/C37H49P3/c1-2-40-36(33-17-26-8-27(18-33)10-28(9-26)19-33)37(40,34-20-29-11-30(21-34)13-31(12-29)22-34)39-4-3-38(36)35(1,39)32-14-23-5-24(15-32)7-25(6-23)16-32/h1-4,23-31H,5-22H2. The molecule has 40 heavy (non-hydrogen) atoms. The minimum atomic E-state index is 0.0296. The van der Waals surface area contributed by atoms with Crippen LogP contribution in [0.2, 0.25) is 0 Å². The summed E-state index contributed by atoms with van der Waals surface area (Å²) in [6, 6.07) is 0. The summed E-state index contributed by atoms with van der Waals surface area (Å²) >= 11 is 0. The molecule has 0 aromatic carbocycles. The Balaban J connectivity index is 1.07. The maximum atomic E-state index is 3.18. The van der Waals surface area contributed by atoms with E-state index in [4.69, 9.17) is 0 Å². The average molecular weight is 587 g/mol. The van der Waals surface area contributed by atoms with Crippen molar-refractivity contribution in [1.29, 1.82) is 0 Å². The van der Waals surface area contributed by atoms with Crippen molar-refractivity contribution in [3.8, 4) is 0 Å². The Bertz CT molecular complexity index is 1150. The lowest BCUT2D eigenvalue weighted by Crippen LogP contribution is -2.59. The molecule has 12 saturated carbocycles. The van der Waals surface area contributed by atoms with Gasteiger partial charge in [0.2, 0.25) is 0 Å². The van der Waals surface area contributed by atoms with Gasteiger partial charge >= 0.3 is 0 Å². The Kier molecular flexibility index (Phi) is 3.85. The van der Waals surface area contributed by atoms with Gasteiger partial charge in [-0.05, 0) is 185 Å². The van der Waals surface area contributed by atoms with Crippen molar-refractivity contribution in [2.24, 2.45) is 69.5 Å². The van der Waals surface area contributed by atoms with Crippen molar-refractivity contribution in [3.05, 3.63) is 23.5 Å². The third kappa shape index (κ3) is 2.09. The number of hydrogen-bond acceptors (Lipinski definition) is 0. The van der Waals surface area contributed by atoms with Gasteiger partial charge in [-0.2, -0.15) is 0 Å². The quantitative estimate of drug-likeness (QED) is 0.289. The first kappa shape index (κ1) is 23.2. The fourth-order valence-corrected chi connectivity index (χ4v) is 39.5. The lowest BCUT2D eigenvalue weighted by molar-refractivity contribution is -0.0847. The molecule has 12 aliphatic carbocycles. The van der Waals surface area contributed by atoms with Crippen molar-refractivity contribution in [2.75, 3.05) is 0 Å². The molecule has 17 rings (SSSR count). The van der Waals surface area contributed by atoms with E-state index in [1.165, 1.54) is 0 Å². The van der Waals surface area contributed by atoms with E-state index in [2.05, 4.69) is 23.5 Å². The summed E-state index contributed by atoms with van der Waals surface area (Å²) in [5.74, 6) is 19.6. The van der Waals surface area contributed by atoms with E-state index in [0.717, 1.165) is 79.3 Å². The molecule has 0 nitrogen and oxygen atoms in total. The number of rotatable bonds is 3. The van der Waals surface area contributed by atoms with Crippen LogP contribution in [0.3, 0.4) is 0 Å². The zero-order valence-electron chi connectivity index (χ0n) is 24.6. The molecular formula is C37H49P3. The molecule has 14 fully saturated rings. The Hall–Kier alpha value is 0.770. The predicted molar refractivity (Wildman–Crippen MR) is 169 cm³/mol. The van der Waals surface area contributed by atoms with Gasteiger partial charge in [0.1, 0.15) is 0 Å². The first-order chi connectivity index (χ1) is 19.5. The second-order valence-corrected chi connectivity index (χ2v) is 27.7. The maximum Gasteiger partial charge on any atom is 0.0431 e. The monoisotopic (exact) mass is 586 g/mol. The largest absolute Gasteiger partial charge is 0.0681 e. The van der Waals surface area contributed by atoms with Crippen LogP contribution in [-0.2, 0) is 0 Å². The Morgan fingerprint density at radius 1 is 0.350 bits per heavy atom. The first-order valence-corrected chi connectivity index (χ1v) is 22.5. The van der Waals surface area contributed by atoms with Crippen molar-refractivity contribution < 1.29 is 0 Å². The summed E-state index contributed by atoms with van der Waals surface area (Å²) < 4.78 is 0. The summed E-state index contributed by atoms with van der Waals surface area (Å²) in [5.41, 5.74) is 2.32. The zero-order chi connectivity index (χ0) is 25.5. The molecule has 18 bridgehead atoms. The molecule has 0 amide bonds. The van der Waals surface area contributed by atoms with E-state index in [1.807, 2.05) is 0 Å². The SMILES string of the molecule is C1=CP2C3(C45CC6CC(CC(C6)C4)C5)C=CP4C(C56CC7CC(CC(C7)C5)C6)(P13)C24C12CC3CC(CC(C3)C1)C2. The fraction of sp³-hybridized carbons (Fsp3) is 0.892. The smallest absolute Gasteiger partial charge is 0.0431 e. The summed E-state index contributed by atoms with van der Waals surface area (Å²) in [7, 11) is 0.174. The topological polar surface area (TPSA) is 0 Å². The van der Waals surface area contributed by atoms with Crippen LogP contribution in [0.5, 0.6) is 0 Å². The highest BCUT2D eigenvalue weighted by molar-refractivity contribution is 8.09. The molecule has 4 unspecified atom stereocenters. The van der Waals surface area contributed by atoms with Crippen LogP contribution in [0.25, 0.3) is 0 Å². The second kappa shape index (κ2) is 6.66. The zero-order valence-corrected chi connectivity index (χ0v) is 27.3. The Morgan fingerprint density at radius 2 is 0.650 bits per heavy atom. The number of hydrogen-bond donors (Lipinski definition) is 0. The molecular weight excluding hydrogens is 537 g/mol. The van der Waals surface area contributed by atoms with Gasteiger partial charge in [0, 0.05) is 14.7 Å². The molecule has 0 aromatic rings. The third-order valence-corrected chi connectivity index (χ3v) is 32.3. The normalized spacial score (nSPS) is 73.6. The molecule has 3 heteroatoms. The van der Waals surface area contributed by atoms with Crippen LogP contribution in [0, 0.1) is 69.5 Å². The molecule has 2 saturated heterocycles. The van der Waals surface area contributed by atoms with Gasteiger partial charge in [-0.15, -0.1) is 0 Å². The van der Waals surface area contributed by atoms with Gasteiger partial charge in [-0.1, -0.05) is 47.3 Å². The minimum absolute atomic E-state index is 0.0296. The van der Waals surface area contributed by atoms with Crippen molar-refractivity contribution in [2.45, 2.75) is 130 Å². The summed E-state index contributed by atoms with van der Waals surface area (Å²) in [4.78, 5) is 2.35. The van der Waals surface area contributed by atoms with Gasteiger partial charge in [-0.3, -0.25) is 0 Å². The van der Waals surface area contributed by atoms with Gasteiger partial charge in [0.15, 0.2) is 0 Å². The molecule has 212 valence electrons. The lowest BCUT2D eigenvalue weighted by Gasteiger charge is -2.67. The van der Waals surface area contributed by atoms with E-state index in [0.29, 0.717) is 4.90 Å². The molecule has 0 N–H and O–H groups in total. The van der Waals surface area contributed by atoms with Crippen molar-refractivity contribution >= 4 is 23.8 Å². The van der Waals surface area contributed by atoms with Crippen molar-refractivity contribution in [3.63, 3.8) is 0 Å². The highest BCUT2D eigenvalue weighted by atomic mass is 31.2. The fourth-order valence-electron chi connectivity index (χ4n) is 18.8. The lowest BCUT2D eigenvalue weighted by atomic mass is 9.45. The van der Waals surface area contributed by atoms with Gasteiger partial charge < -0.3 is 0 Å². The minimum Gasteiger partial charge on any atom is -0.0681 e. The van der Waals surface area contributed by atoms with E-state index < -0.39 is 0 Å². The molecule has 0 radical (unpaired) electrons. The Labute approximate surface area is 246 Å². The summed E-state index contributed by atoms with van der Waals surface area (Å²) in [5, 5.41) is 0. The van der Waals surface area contributed by atoms with Crippen LogP contribution in [0.4, 0.5) is 0 Å². The van der Waals surface area contributed by atoms with Gasteiger partial charge in [-0.25, -0.2) is 0 Å². The molecule has 0 aromatic heterocycles. The van der Waals surface area contributed by atoms with E-state index in [-0.39, 0.29) is 23.8 Å². The number of allylic oxidation sites excluding steroid dienone is 1. The van der Waals surface area contributed by atoms with Crippen LogP contribution >= 0.6 is 23.8 Å². The second-order valence-electron chi connectivity index (χ2n) is 19.4. The molecule has 17 aliphatic rings. The third-order valence-electron chi connectivity index (χ3n) is 17.8. The summed E-state index contributed by atoms with van der Waals surface area (Å²) in [6.45, 7) is 0. The summed E-state index contributed by atoms with van der Waals surface area (Å²) in [6.07, 6.45) is 33.3. The predicted octanol–water partition coefficient (Wildman–Crippen LogP) is 11.2. The van der Waals surface area contributed by atoms with Crippen LogP contribution < -0.4 is 0 Å². The molecule has 4 atom stereocenters. The van der Waals surface area contributed by atoms with Crippen LogP contribution in [0.1, 0.15) is 116 Å². The van der Waals surface area contributed by atoms with Gasteiger partial charge in [0.25, 0.3) is 0 Å².